The number of aromatic nitrogens is 2. The van der Waals surface area contributed by atoms with Gasteiger partial charge in [0.25, 0.3) is 5.91 Å². The van der Waals surface area contributed by atoms with Gasteiger partial charge in [-0.2, -0.15) is 18.3 Å². The zero-order valence-electron chi connectivity index (χ0n) is 17.6. The molecule has 0 bridgehead atoms. The van der Waals surface area contributed by atoms with Crippen LogP contribution in [0.3, 0.4) is 0 Å². The van der Waals surface area contributed by atoms with E-state index in [0.29, 0.717) is 16.4 Å². The Morgan fingerprint density at radius 1 is 1.18 bits per heavy atom. The van der Waals surface area contributed by atoms with E-state index in [1.165, 1.54) is 18.3 Å². The van der Waals surface area contributed by atoms with E-state index < -0.39 is 29.7 Å². The first kappa shape index (κ1) is 24.3. The molecule has 2 aromatic carbocycles. The van der Waals surface area contributed by atoms with Crippen molar-refractivity contribution in [1.82, 2.24) is 15.1 Å². The van der Waals surface area contributed by atoms with Crippen LogP contribution >= 0.6 is 11.6 Å². The fraction of sp³-hybridized carbons (Fsp3) is 0.261. The number of alkyl halides is 3. The van der Waals surface area contributed by atoms with Crippen molar-refractivity contribution in [2.45, 2.75) is 38.4 Å². The van der Waals surface area contributed by atoms with Crippen molar-refractivity contribution >= 4 is 23.5 Å². The van der Waals surface area contributed by atoms with Gasteiger partial charge in [0.05, 0.1) is 34.7 Å². The molecule has 2 N–H and O–H groups in total. The molecule has 0 fully saturated rings. The SMILES string of the molecule is Cc1c(C(=O)N[C@@H](CCCC(=O)O)c2cccc(C(F)(F)F)c2)cnn1-c1ccc(Cl)cc1. The summed E-state index contributed by atoms with van der Waals surface area (Å²) in [6.07, 6.45) is -3.00. The number of carbonyl (C=O) groups is 2. The third-order valence-electron chi connectivity index (χ3n) is 5.13. The number of rotatable bonds is 8. The Kier molecular flexibility index (Phi) is 7.43. The molecule has 1 atom stereocenters. The molecule has 0 saturated heterocycles. The van der Waals surface area contributed by atoms with Crippen LogP contribution < -0.4 is 5.32 Å². The van der Waals surface area contributed by atoms with Crippen LogP contribution in [0.15, 0.2) is 54.7 Å². The largest absolute Gasteiger partial charge is 0.481 e. The third-order valence-corrected chi connectivity index (χ3v) is 5.38. The number of benzene rings is 2. The molecule has 0 aliphatic heterocycles. The number of carboxylic acids is 1. The van der Waals surface area contributed by atoms with Gasteiger partial charge in [0.1, 0.15) is 0 Å². The Hall–Kier alpha value is -3.33. The van der Waals surface area contributed by atoms with Gasteiger partial charge in [0.15, 0.2) is 0 Å². The summed E-state index contributed by atoms with van der Waals surface area (Å²) in [6, 6.07) is 10.7. The van der Waals surface area contributed by atoms with Crippen LogP contribution in [0.2, 0.25) is 5.02 Å². The number of carboxylic acid groups (broad SMARTS) is 1. The highest BCUT2D eigenvalue weighted by Crippen LogP contribution is 2.32. The smallest absolute Gasteiger partial charge is 0.416 e. The van der Waals surface area contributed by atoms with Crippen LogP contribution in [0, 0.1) is 6.92 Å². The number of aliphatic carboxylic acids is 1. The molecular formula is C23H21ClF3N3O3. The summed E-state index contributed by atoms with van der Waals surface area (Å²) in [5.74, 6) is -1.55. The van der Waals surface area contributed by atoms with E-state index >= 15 is 0 Å². The quantitative estimate of drug-likeness (QED) is 0.442. The van der Waals surface area contributed by atoms with Crippen molar-refractivity contribution < 1.29 is 27.9 Å². The molecule has 33 heavy (non-hydrogen) atoms. The Labute approximate surface area is 193 Å². The second-order valence-electron chi connectivity index (χ2n) is 7.47. The second-order valence-corrected chi connectivity index (χ2v) is 7.90. The number of nitrogens with zero attached hydrogens (tertiary/aromatic N) is 2. The highest BCUT2D eigenvalue weighted by atomic mass is 35.5. The van der Waals surface area contributed by atoms with Crippen molar-refractivity contribution in [2.24, 2.45) is 0 Å². The summed E-state index contributed by atoms with van der Waals surface area (Å²) < 4.78 is 41.1. The molecule has 0 unspecified atom stereocenters. The molecule has 0 spiro atoms. The van der Waals surface area contributed by atoms with Crippen LogP contribution in [-0.4, -0.2) is 26.8 Å². The molecule has 10 heteroatoms. The van der Waals surface area contributed by atoms with Crippen LogP contribution in [0.1, 0.15) is 52.5 Å². The van der Waals surface area contributed by atoms with Gasteiger partial charge >= 0.3 is 12.1 Å². The van der Waals surface area contributed by atoms with E-state index in [1.54, 1.807) is 35.9 Å². The molecule has 0 saturated carbocycles. The topological polar surface area (TPSA) is 84.2 Å². The van der Waals surface area contributed by atoms with Gasteiger partial charge in [-0.15, -0.1) is 0 Å². The second kappa shape index (κ2) is 10.1. The summed E-state index contributed by atoms with van der Waals surface area (Å²) in [5.41, 5.74) is 0.866. The molecule has 1 heterocycles. The monoisotopic (exact) mass is 479 g/mol. The minimum Gasteiger partial charge on any atom is -0.481 e. The molecule has 1 amide bonds. The van der Waals surface area contributed by atoms with E-state index in [1.807, 2.05) is 0 Å². The van der Waals surface area contributed by atoms with E-state index in [2.05, 4.69) is 10.4 Å². The minimum absolute atomic E-state index is 0.156. The summed E-state index contributed by atoms with van der Waals surface area (Å²) in [7, 11) is 0. The highest BCUT2D eigenvalue weighted by Gasteiger charge is 2.31. The summed E-state index contributed by atoms with van der Waals surface area (Å²) in [6.45, 7) is 1.69. The highest BCUT2D eigenvalue weighted by molar-refractivity contribution is 6.30. The van der Waals surface area contributed by atoms with Crippen molar-refractivity contribution in [3.8, 4) is 5.69 Å². The number of hydrogen-bond donors (Lipinski definition) is 2. The van der Waals surface area contributed by atoms with E-state index in [-0.39, 0.29) is 30.4 Å². The fourth-order valence-electron chi connectivity index (χ4n) is 3.42. The molecule has 0 aliphatic carbocycles. The molecule has 174 valence electrons. The molecule has 3 aromatic rings. The fourth-order valence-corrected chi connectivity index (χ4v) is 3.55. The van der Waals surface area contributed by atoms with Crippen molar-refractivity contribution in [2.75, 3.05) is 0 Å². The van der Waals surface area contributed by atoms with Gasteiger partial charge < -0.3 is 10.4 Å². The minimum atomic E-state index is -4.54. The van der Waals surface area contributed by atoms with Crippen molar-refractivity contribution in [3.63, 3.8) is 0 Å². The van der Waals surface area contributed by atoms with Gasteiger partial charge in [0.2, 0.25) is 0 Å². The average molecular weight is 480 g/mol. The molecule has 0 aliphatic rings. The predicted octanol–water partition coefficient (Wildman–Crippen LogP) is 5.58. The number of amides is 1. The first-order valence-electron chi connectivity index (χ1n) is 10.1. The Balaban J connectivity index is 1.86. The number of halogens is 4. The van der Waals surface area contributed by atoms with Gasteiger partial charge in [-0.3, -0.25) is 9.59 Å². The van der Waals surface area contributed by atoms with Crippen molar-refractivity contribution in [1.29, 1.82) is 0 Å². The van der Waals surface area contributed by atoms with Gasteiger partial charge in [-0.05, 0) is 61.7 Å². The lowest BCUT2D eigenvalue weighted by Gasteiger charge is -2.20. The van der Waals surface area contributed by atoms with E-state index in [9.17, 15) is 22.8 Å². The Morgan fingerprint density at radius 2 is 1.88 bits per heavy atom. The summed E-state index contributed by atoms with van der Waals surface area (Å²) in [4.78, 5) is 23.9. The van der Waals surface area contributed by atoms with Crippen LogP contribution in [0.5, 0.6) is 0 Å². The normalized spacial score (nSPS) is 12.4. The first-order chi connectivity index (χ1) is 15.6. The lowest BCUT2D eigenvalue weighted by atomic mass is 9.98. The van der Waals surface area contributed by atoms with E-state index in [4.69, 9.17) is 16.7 Å². The summed E-state index contributed by atoms with van der Waals surface area (Å²) in [5, 5.41) is 16.4. The molecule has 0 radical (unpaired) electrons. The van der Waals surface area contributed by atoms with Gasteiger partial charge in [0, 0.05) is 11.4 Å². The van der Waals surface area contributed by atoms with E-state index in [0.717, 1.165) is 12.1 Å². The maximum Gasteiger partial charge on any atom is 0.416 e. The van der Waals surface area contributed by atoms with Gasteiger partial charge in [-0.1, -0.05) is 23.7 Å². The van der Waals surface area contributed by atoms with Crippen molar-refractivity contribution in [3.05, 3.63) is 82.1 Å². The molecule has 1 aromatic heterocycles. The third kappa shape index (κ3) is 6.13. The summed E-state index contributed by atoms with van der Waals surface area (Å²) >= 11 is 5.91. The maximum atomic E-state index is 13.2. The lowest BCUT2D eigenvalue weighted by Crippen LogP contribution is -2.29. The predicted molar refractivity (Wildman–Crippen MR) is 116 cm³/mol. The number of nitrogens with one attached hydrogen (secondary N) is 1. The first-order valence-corrected chi connectivity index (χ1v) is 10.4. The zero-order valence-corrected chi connectivity index (χ0v) is 18.3. The van der Waals surface area contributed by atoms with Crippen LogP contribution in [-0.2, 0) is 11.0 Å². The number of hydrogen-bond acceptors (Lipinski definition) is 3. The Morgan fingerprint density at radius 3 is 2.52 bits per heavy atom. The van der Waals surface area contributed by atoms with Crippen LogP contribution in [0.25, 0.3) is 5.69 Å². The molecule has 3 rings (SSSR count). The zero-order chi connectivity index (χ0) is 24.2. The average Bonchev–Trinajstić information content (AvgIpc) is 3.14. The maximum absolute atomic E-state index is 13.2. The molecule has 6 nitrogen and oxygen atoms in total. The standard InChI is InChI=1S/C23H21ClF3N3O3/c1-14-19(13-28-30(14)18-10-8-17(24)9-11-18)22(33)29-20(6-3-7-21(31)32)15-4-2-5-16(12-15)23(25,26)27/h2,4-5,8-13,20H,3,6-7H2,1H3,(H,29,33)(H,31,32)/t20-/m0/s1. The molecular weight excluding hydrogens is 459 g/mol. The Bertz CT molecular complexity index is 1140. The van der Waals surface area contributed by atoms with Gasteiger partial charge in [-0.25, -0.2) is 4.68 Å². The lowest BCUT2D eigenvalue weighted by molar-refractivity contribution is -0.138. The van der Waals surface area contributed by atoms with Crippen LogP contribution in [0.4, 0.5) is 13.2 Å². The number of carbonyl (C=O) groups excluding carboxylic acids is 1.